The Balaban J connectivity index is 0.819. The van der Waals surface area contributed by atoms with E-state index in [9.17, 15) is 0 Å². The molecule has 0 atom stereocenters. The number of hydrogen-bond donors (Lipinski definition) is 0. The number of hydrogen-bond acceptors (Lipinski definition) is 0. The molecule has 0 fully saturated rings. The lowest BCUT2D eigenvalue weighted by atomic mass is 9.81. The first-order valence-electron chi connectivity index (χ1n) is 25.8. The molecule has 0 saturated heterocycles. The van der Waals surface area contributed by atoms with Gasteiger partial charge in [-0.1, -0.05) is 250 Å². The van der Waals surface area contributed by atoms with E-state index in [2.05, 4.69) is 292 Å². The van der Waals surface area contributed by atoms with Crippen molar-refractivity contribution in [2.45, 2.75) is 19.3 Å². The van der Waals surface area contributed by atoms with Crippen LogP contribution in [0.25, 0.3) is 127 Å². The van der Waals surface area contributed by atoms with E-state index in [0.717, 1.165) is 5.69 Å². The van der Waals surface area contributed by atoms with Crippen LogP contribution in [0.15, 0.2) is 273 Å². The largest absolute Gasteiger partial charge is 0.316 e. The average molecular weight is 942 g/mol. The van der Waals surface area contributed by atoms with Crippen molar-refractivity contribution in [1.82, 2.24) is 4.57 Å². The van der Waals surface area contributed by atoms with Crippen LogP contribution < -0.4 is 0 Å². The third-order valence-corrected chi connectivity index (χ3v) is 15.9. The molecule has 0 bridgehead atoms. The summed E-state index contributed by atoms with van der Waals surface area (Å²) in [5.74, 6) is 0. The van der Waals surface area contributed by atoms with Gasteiger partial charge in [-0.25, -0.2) is 0 Å². The van der Waals surface area contributed by atoms with Crippen LogP contribution in [0.4, 0.5) is 0 Å². The molecule has 0 aliphatic heterocycles. The highest BCUT2D eigenvalue weighted by molar-refractivity contribution is 6.01. The van der Waals surface area contributed by atoms with E-state index in [1.165, 1.54) is 133 Å². The molecule has 1 aromatic heterocycles. The summed E-state index contributed by atoms with van der Waals surface area (Å²) in [7, 11) is 0. The predicted octanol–water partition coefficient (Wildman–Crippen LogP) is 19.9. The van der Waals surface area contributed by atoms with Crippen molar-refractivity contribution in [2.24, 2.45) is 0 Å². The Morgan fingerprint density at radius 1 is 0.257 bits per heavy atom. The summed E-state index contributed by atoms with van der Waals surface area (Å²) >= 11 is 0. The van der Waals surface area contributed by atoms with Crippen LogP contribution in [0.1, 0.15) is 25.0 Å². The normalized spacial score (nSPS) is 12.6. The monoisotopic (exact) mass is 941 g/mol. The molecule has 0 amide bonds. The standard InChI is InChI=1S/C73H51N/c1-73(2)70-45-60(48-12-4-3-5-13-48)38-41-66(70)67-42-40-61(46-71(67)73)74-47-69(58-36-30-52(31-37-58)51-28-34-57(35-29-51)65-21-11-17-55-15-7-9-19-63(55)65)68-44-59(39-43-72(68)74)53-24-22-49(23-25-53)50-26-32-56(33-27-50)64-20-10-16-54-14-6-8-18-62(54)64/h3-47H,1-2H3. The van der Waals surface area contributed by atoms with Crippen molar-refractivity contribution in [3.8, 4) is 94.7 Å². The fourth-order valence-electron chi connectivity index (χ4n) is 11.9. The summed E-state index contributed by atoms with van der Waals surface area (Å²) in [4.78, 5) is 0. The van der Waals surface area contributed by atoms with Crippen LogP contribution in [-0.4, -0.2) is 4.57 Å². The molecule has 12 aromatic carbocycles. The molecule has 14 rings (SSSR count). The molecule has 1 heterocycles. The van der Waals surface area contributed by atoms with Gasteiger partial charge in [0.2, 0.25) is 0 Å². The Morgan fingerprint density at radius 2 is 0.649 bits per heavy atom. The summed E-state index contributed by atoms with van der Waals surface area (Å²) in [5.41, 5.74) is 24.6. The van der Waals surface area contributed by atoms with E-state index in [1.807, 2.05) is 0 Å². The van der Waals surface area contributed by atoms with E-state index in [4.69, 9.17) is 0 Å². The fourth-order valence-corrected chi connectivity index (χ4v) is 11.9. The van der Waals surface area contributed by atoms with Crippen LogP contribution in [0, 0.1) is 0 Å². The van der Waals surface area contributed by atoms with Gasteiger partial charge < -0.3 is 4.57 Å². The molecule has 1 aliphatic rings. The van der Waals surface area contributed by atoms with Crippen molar-refractivity contribution >= 4 is 32.4 Å². The third-order valence-electron chi connectivity index (χ3n) is 15.9. The molecular weight excluding hydrogens is 891 g/mol. The number of benzene rings is 12. The van der Waals surface area contributed by atoms with Crippen molar-refractivity contribution in [3.63, 3.8) is 0 Å². The maximum Gasteiger partial charge on any atom is 0.0535 e. The second kappa shape index (κ2) is 17.5. The highest BCUT2D eigenvalue weighted by Gasteiger charge is 2.36. The molecule has 0 spiro atoms. The first kappa shape index (κ1) is 43.5. The Hall–Kier alpha value is -9.30. The van der Waals surface area contributed by atoms with Crippen LogP contribution in [0.3, 0.4) is 0 Å². The number of rotatable bonds is 8. The van der Waals surface area contributed by atoms with Crippen molar-refractivity contribution in [3.05, 3.63) is 284 Å². The quantitative estimate of drug-likeness (QED) is 0.143. The third kappa shape index (κ3) is 7.39. The lowest BCUT2D eigenvalue weighted by molar-refractivity contribution is 0.660. The molecule has 1 heteroatoms. The summed E-state index contributed by atoms with van der Waals surface area (Å²) in [5, 5.41) is 6.29. The van der Waals surface area contributed by atoms with Crippen molar-refractivity contribution in [1.29, 1.82) is 0 Å². The lowest BCUT2D eigenvalue weighted by Gasteiger charge is -2.23. The lowest BCUT2D eigenvalue weighted by Crippen LogP contribution is -2.15. The van der Waals surface area contributed by atoms with Gasteiger partial charge >= 0.3 is 0 Å². The van der Waals surface area contributed by atoms with E-state index in [0.29, 0.717) is 0 Å². The van der Waals surface area contributed by atoms with E-state index >= 15 is 0 Å². The van der Waals surface area contributed by atoms with Gasteiger partial charge in [0.1, 0.15) is 0 Å². The molecular formula is C73H51N. The van der Waals surface area contributed by atoms with Crippen LogP contribution in [0.2, 0.25) is 0 Å². The molecule has 74 heavy (non-hydrogen) atoms. The maximum absolute atomic E-state index is 2.44. The average Bonchev–Trinajstić information content (AvgIpc) is 3.96. The minimum Gasteiger partial charge on any atom is -0.316 e. The maximum atomic E-state index is 2.44. The molecule has 348 valence electrons. The van der Waals surface area contributed by atoms with Crippen molar-refractivity contribution < 1.29 is 0 Å². The van der Waals surface area contributed by atoms with E-state index < -0.39 is 0 Å². The Morgan fingerprint density at radius 3 is 1.20 bits per heavy atom. The van der Waals surface area contributed by atoms with Gasteiger partial charge in [0, 0.05) is 28.2 Å². The summed E-state index contributed by atoms with van der Waals surface area (Å²) < 4.78 is 2.41. The number of nitrogens with zero attached hydrogens (tertiary/aromatic N) is 1. The second-order valence-corrected chi connectivity index (χ2v) is 20.5. The number of aromatic nitrogens is 1. The Kier molecular flexibility index (Phi) is 10.3. The molecule has 0 unspecified atom stereocenters. The van der Waals surface area contributed by atoms with Gasteiger partial charge in [-0.05, 0) is 146 Å². The molecule has 0 saturated carbocycles. The minimum absolute atomic E-state index is 0.168. The van der Waals surface area contributed by atoms with Gasteiger partial charge in [-0.15, -0.1) is 0 Å². The molecule has 0 radical (unpaired) electrons. The minimum atomic E-state index is -0.168. The van der Waals surface area contributed by atoms with Crippen molar-refractivity contribution in [2.75, 3.05) is 0 Å². The fraction of sp³-hybridized carbons (Fsp3) is 0.0411. The van der Waals surface area contributed by atoms with Gasteiger partial charge in [-0.2, -0.15) is 0 Å². The molecule has 0 N–H and O–H groups in total. The zero-order valence-electron chi connectivity index (χ0n) is 41.4. The predicted molar refractivity (Wildman–Crippen MR) is 314 cm³/mol. The first-order chi connectivity index (χ1) is 36.4. The Labute approximate surface area is 432 Å². The molecule has 1 nitrogen and oxygen atoms in total. The van der Waals surface area contributed by atoms with Gasteiger partial charge in [0.05, 0.1) is 5.52 Å². The Bertz CT molecular complexity index is 4260. The summed E-state index contributed by atoms with van der Waals surface area (Å²) in [6, 6.07) is 98.5. The molecule has 1 aliphatic carbocycles. The number of fused-ring (bicyclic) bond motifs is 6. The highest BCUT2D eigenvalue weighted by Crippen LogP contribution is 2.51. The van der Waals surface area contributed by atoms with E-state index in [1.54, 1.807) is 0 Å². The van der Waals surface area contributed by atoms with Crippen LogP contribution >= 0.6 is 0 Å². The van der Waals surface area contributed by atoms with Gasteiger partial charge in [0.15, 0.2) is 0 Å². The smallest absolute Gasteiger partial charge is 0.0535 e. The second-order valence-electron chi connectivity index (χ2n) is 20.5. The van der Waals surface area contributed by atoms with Crippen LogP contribution in [-0.2, 0) is 5.41 Å². The van der Waals surface area contributed by atoms with Crippen LogP contribution in [0.5, 0.6) is 0 Å². The SMILES string of the molecule is CC1(C)c2cc(-c3ccccc3)ccc2-c2ccc(-n3cc(-c4ccc(-c5ccc(-c6cccc7ccccc67)cc5)cc4)c4cc(-c5ccc(-c6ccc(-c7cccc8ccccc78)cc6)cc5)ccc43)cc21. The summed E-state index contributed by atoms with van der Waals surface area (Å²) in [6.07, 6.45) is 2.36. The molecule has 13 aromatic rings. The highest BCUT2D eigenvalue weighted by atomic mass is 15.0. The first-order valence-corrected chi connectivity index (χ1v) is 25.8. The van der Waals surface area contributed by atoms with Gasteiger partial charge in [-0.3, -0.25) is 0 Å². The van der Waals surface area contributed by atoms with Gasteiger partial charge in [0.25, 0.3) is 0 Å². The zero-order valence-corrected chi connectivity index (χ0v) is 41.4. The zero-order chi connectivity index (χ0) is 49.3. The van der Waals surface area contributed by atoms with E-state index in [-0.39, 0.29) is 5.41 Å². The summed E-state index contributed by atoms with van der Waals surface area (Å²) in [6.45, 7) is 4.76. The topological polar surface area (TPSA) is 4.93 Å².